The molecule has 0 unspecified atom stereocenters. The quantitative estimate of drug-likeness (QED) is 0.443. The van der Waals surface area contributed by atoms with E-state index in [-0.39, 0.29) is 5.78 Å². The predicted octanol–water partition coefficient (Wildman–Crippen LogP) is 4.13. The van der Waals surface area contributed by atoms with Crippen molar-refractivity contribution in [1.82, 2.24) is 0 Å². The van der Waals surface area contributed by atoms with E-state index in [1.54, 1.807) is 12.1 Å². The Morgan fingerprint density at radius 2 is 1.39 bits per heavy atom. The molecule has 0 radical (unpaired) electrons. The molecule has 1 nitrogen and oxygen atoms in total. The summed E-state index contributed by atoms with van der Waals surface area (Å²) < 4.78 is 0. The molecule has 0 saturated heterocycles. The molecule has 0 spiro atoms. The number of hydrogen-bond donors (Lipinski definition) is 0. The van der Waals surface area contributed by atoms with Crippen molar-refractivity contribution in [3.63, 3.8) is 0 Å². The SMILES string of the molecule is CC(=C=CC(=O)c1ccccc1)c1ccccc1. The fraction of sp³-hybridized carbons (Fsp3) is 0.0588. The fourth-order valence-corrected chi connectivity index (χ4v) is 1.63. The van der Waals surface area contributed by atoms with Crippen LogP contribution in [0.25, 0.3) is 5.57 Å². The highest BCUT2D eigenvalue weighted by atomic mass is 16.1. The normalized spacial score (nSPS) is 9.39. The smallest absolute Gasteiger partial charge is 0.193 e. The molecule has 2 rings (SSSR count). The summed E-state index contributed by atoms with van der Waals surface area (Å²) in [6.07, 6.45) is 1.50. The summed E-state index contributed by atoms with van der Waals surface area (Å²) in [6.45, 7) is 1.95. The van der Waals surface area contributed by atoms with Crippen LogP contribution in [0, 0.1) is 0 Å². The largest absolute Gasteiger partial charge is 0.289 e. The molecule has 0 aliphatic rings. The van der Waals surface area contributed by atoms with Gasteiger partial charge in [0.1, 0.15) is 0 Å². The van der Waals surface area contributed by atoms with Crippen molar-refractivity contribution < 1.29 is 4.79 Å². The molecule has 0 N–H and O–H groups in total. The first kappa shape index (κ1) is 12.1. The Hall–Kier alpha value is -2.37. The first-order chi connectivity index (χ1) is 8.77. The summed E-state index contributed by atoms with van der Waals surface area (Å²) in [5.74, 6) is -0.0223. The minimum Gasteiger partial charge on any atom is -0.289 e. The van der Waals surface area contributed by atoms with Gasteiger partial charge < -0.3 is 0 Å². The molecule has 0 aliphatic carbocycles. The Kier molecular flexibility index (Phi) is 3.90. The average Bonchev–Trinajstić information content (AvgIpc) is 2.46. The van der Waals surface area contributed by atoms with Gasteiger partial charge in [-0.3, -0.25) is 4.79 Å². The summed E-state index contributed by atoms with van der Waals surface area (Å²) in [7, 11) is 0. The minimum atomic E-state index is -0.0223. The summed E-state index contributed by atoms with van der Waals surface area (Å²) in [5.41, 5.74) is 5.76. The van der Waals surface area contributed by atoms with Gasteiger partial charge in [-0.2, -0.15) is 0 Å². The number of benzene rings is 2. The Morgan fingerprint density at radius 3 is 1.94 bits per heavy atom. The van der Waals surface area contributed by atoms with Crippen molar-refractivity contribution in [1.29, 1.82) is 0 Å². The Morgan fingerprint density at radius 1 is 0.889 bits per heavy atom. The van der Waals surface area contributed by atoms with Crippen LogP contribution in [0.3, 0.4) is 0 Å². The third-order valence-electron chi connectivity index (χ3n) is 2.68. The van der Waals surface area contributed by atoms with E-state index in [1.165, 1.54) is 6.08 Å². The van der Waals surface area contributed by atoms with Gasteiger partial charge in [-0.05, 0) is 18.1 Å². The van der Waals surface area contributed by atoms with Crippen molar-refractivity contribution in [2.24, 2.45) is 0 Å². The molecule has 0 fully saturated rings. The first-order valence-corrected chi connectivity index (χ1v) is 5.85. The average molecular weight is 234 g/mol. The zero-order chi connectivity index (χ0) is 12.8. The molecule has 0 heterocycles. The zero-order valence-corrected chi connectivity index (χ0v) is 10.3. The molecule has 2 aromatic rings. The first-order valence-electron chi connectivity index (χ1n) is 5.85. The van der Waals surface area contributed by atoms with E-state index in [9.17, 15) is 4.79 Å². The maximum absolute atomic E-state index is 11.8. The number of carbonyl (C=O) groups excluding carboxylic acids is 1. The number of hydrogen-bond acceptors (Lipinski definition) is 1. The van der Waals surface area contributed by atoms with E-state index in [0.29, 0.717) is 5.56 Å². The number of carbonyl (C=O) groups is 1. The van der Waals surface area contributed by atoms with E-state index in [2.05, 4.69) is 5.73 Å². The van der Waals surface area contributed by atoms with Gasteiger partial charge in [-0.1, -0.05) is 60.7 Å². The highest BCUT2D eigenvalue weighted by Crippen LogP contribution is 2.11. The second-order valence-electron chi connectivity index (χ2n) is 4.01. The van der Waals surface area contributed by atoms with Gasteiger partial charge in [0.15, 0.2) is 5.78 Å². The highest BCUT2D eigenvalue weighted by molar-refractivity contribution is 6.04. The van der Waals surface area contributed by atoms with Crippen molar-refractivity contribution in [3.05, 3.63) is 83.6 Å². The van der Waals surface area contributed by atoms with Gasteiger partial charge in [-0.15, -0.1) is 5.73 Å². The lowest BCUT2D eigenvalue weighted by molar-refractivity contribution is 0.104. The van der Waals surface area contributed by atoms with Crippen LogP contribution in [-0.4, -0.2) is 5.78 Å². The lowest BCUT2D eigenvalue weighted by atomic mass is 10.1. The Labute approximate surface area is 107 Å². The Bertz CT molecular complexity index is 588. The molecule has 2 aromatic carbocycles. The van der Waals surface area contributed by atoms with Crippen molar-refractivity contribution >= 4 is 11.4 Å². The number of ketones is 1. The van der Waals surface area contributed by atoms with E-state index >= 15 is 0 Å². The van der Waals surface area contributed by atoms with Crippen LogP contribution in [0.1, 0.15) is 22.8 Å². The van der Waals surface area contributed by atoms with E-state index in [0.717, 1.165) is 11.1 Å². The van der Waals surface area contributed by atoms with Crippen LogP contribution in [0.4, 0.5) is 0 Å². The van der Waals surface area contributed by atoms with Gasteiger partial charge in [0.25, 0.3) is 0 Å². The van der Waals surface area contributed by atoms with E-state index in [4.69, 9.17) is 0 Å². The molecule has 88 valence electrons. The molecule has 0 aliphatic heterocycles. The minimum absolute atomic E-state index is 0.0223. The van der Waals surface area contributed by atoms with Gasteiger partial charge >= 0.3 is 0 Å². The van der Waals surface area contributed by atoms with E-state index < -0.39 is 0 Å². The second kappa shape index (κ2) is 5.81. The van der Waals surface area contributed by atoms with Crippen molar-refractivity contribution in [3.8, 4) is 0 Å². The number of rotatable bonds is 3. The summed E-state index contributed by atoms with van der Waals surface area (Å²) in [6, 6.07) is 19.1. The fourth-order valence-electron chi connectivity index (χ4n) is 1.63. The maximum Gasteiger partial charge on any atom is 0.193 e. The standard InChI is InChI=1S/C17H14O/c1-14(15-8-4-2-5-9-15)12-13-17(18)16-10-6-3-7-11-16/h2-11,13H,1H3. The monoisotopic (exact) mass is 234 g/mol. The van der Waals surface area contributed by atoms with Crippen LogP contribution in [0.15, 0.2) is 72.5 Å². The third kappa shape index (κ3) is 3.07. The predicted molar refractivity (Wildman–Crippen MR) is 74.4 cm³/mol. The molecule has 0 amide bonds. The lowest BCUT2D eigenvalue weighted by Gasteiger charge is -1.96. The molecular formula is C17H14O. The van der Waals surface area contributed by atoms with Crippen molar-refractivity contribution in [2.75, 3.05) is 0 Å². The van der Waals surface area contributed by atoms with Gasteiger partial charge in [0, 0.05) is 11.6 Å². The Balaban J connectivity index is 2.23. The molecule has 0 aromatic heterocycles. The molecule has 0 bridgehead atoms. The topological polar surface area (TPSA) is 17.1 Å². The highest BCUT2D eigenvalue weighted by Gasteiger charge is 1.99. The molecule has 0 saturated carbocycles. The van der Waals surface area contributed by atoms with Gasteiger partial charge in [-0.25, -0.2) is 0 Å². The summed E-state index contributed by atoms with van der Waals surface area (Å²) >= 11 is 0. The van der Waals surface area contributed by atoms with Crippen LogP contribution < -0.4 is 0 Å². The molecule has 1 heteroatoms. The second-order valence-corrected chi connectivity index (χ2v) is 4.01. The van der Waals surface area contributed by atoms with Crippen LogP contribution in [-0.2, 0) is 0 Å². The number of allylic oxidation sites excluding steroid dienone is 1. The summed E-state index contributed by atoms with van der Waals surface area (Å²) in [5, 5.41) is 0. The van der Waals surface area contributed by atoms with E-state index in [1.807, 2.05) is 55.5 Å². The summed E-state index contributed by atoms with van der Waals surface area (Å²) in [4.78, 5) is 11.8. The van der Waals surface area contributed by atoms with Crippen LogP contribution >= 0.6 is 0 Å². The molecular weight excluding hydrogens is 220 g/mol. The van der Waals surface area contributed by atoms with Gasteiger partial charge in [0.2, 0.25) is 0 Å². The maximum atomic E-state index is 11.8. The molecule has 18 heavy (non-hydrogen) atoms. The lowest BCUT2D eigenvalue weighted by Crippen LogP contribution is -1.92. The van der Waals surface area contributed by atoms with Crippen molar-refractivity contribution in [2.45, 2.75) is 6.92 Å². The zero-order valence-electron chi connectivity index (χ0n) is 10.3. The van der Waals surface area contributed by atoms with Crippen LogP contribution in [0.5, 0.6) is 0 Å². The van der Waals surface area contributed by atoms with Crippen LogP contribution in [0.2, 0.25) is 0 Å². The van der Waals surface area contributed by atoms with Gasteiger partial charge in [0.05, 0.1) is 0 Å². The third-order valence-corrected chi connectivity index (χ3v) is 2.68. The molecule has 0 atom stereocenters.